The summed E-state index contributed by atoms with van der Waals surface area (Å²) in [6.45, 7) is 2.03. The van der Waals surface area contributed by atoms with Crippen LogP contribution in [0.2, 0.25) is 0 Å². The molecule has 0 amide bonds. The SMILES string of the molecule is Cc1ccc2ccc3c(-c4ccccc4)cc(-c4cccc(-c5cccc(-c6cc(-c7ccccc7)nc(-c7ccc(-c8ccccc8)cc7)n6)c5)c4)nc3c2n1. The van der Waals surface area contributed by atoms with Gasteiger partial charge in [-0.15, -0.1) is 0 Å². The summed E-state index contributed by atoms with van der Waals surface area (Å²) in [5, 5.41) is 2.17. The van der Waals surface area contributed by atoms with Crippen LogP contribution in [0.5, 0.6) is 0 Å². The Morgan fingerprint density at radius 1 is 0.298 bits per heavy atom. The third-order valence-electron chi connectivity index (χ3n) is 10.6. The lowest BCUT2D eigenvalue weighted by molar-refractivity contribution is 1.18. The second-order valence-corrected chi connectivity index (χ2v) is 14.3. The van der Waals surface area contributed by atoms with Crippen LogP contribution in [0.4, 0.5) is 0 Å². The van der Waals surface area contributed by atoms with E-state index in [1.807, 2.05) is 31.2 Å². The molecule has 4 nitrogen and oxygen atoms in total. The summed E-state index contributed by atoms with van der Waals surface area (Å²) < 4.78 is 0. The van der Waals surface area contributed by atoms with Crippen molar-refractivity contribution in [2.24, 2.45) is 0 Å². The van der Waals surface area contributed by atoms with E-state index in [0.717, 1.165) is 94.7 Å². The van der Waals surface area contributed by atoms with Crippen molar-refractivity contribution < 1.29 is 0 Å². The van der Waals surface area contributed by atoms with E-state index >= 15 is 0 Å². The Bertz CT molecular complexity index is 3050. The van der Waals surface area contributed by atoms with Crippen LogP contribution in [0, 0.1) is 6.92 Å². The van der Waals surface area contributed by atoms with Gasteiger partial charge in [0.2, 0.25) is 0 Å². The number of nitrogens with zero attached hydrogens (tertiary/aromatic N) is 4. The maximum Gasteiger partial charge on any atom is 0.160 e. The largest absolute Gasteiger partial charge is 0.251 e. The molecule has 0 unspecified atom stereocenters. The zero-order chi connectivity index (χ0) is 38.1. The Morgan fingerprint density at radius 3 is 1.44 bits per heavy atom. The topological polar surface area (TPSA) is 51.6 Å². The summed E-state index contributed by atoms with van der Waals surface area (Å²) in [6.07, 6.45) is 0. The molecule has 3 aromatic heterocycles. The van der Waals surface area contributed by atoms with Crippen molar-refractivity contribution in [2.75, 3.05) is 0 Å². The summed E-state index contributed by atoms with van der Waals surface area (Å²) in [4.78, 5) is 20.5. The highest BCUT2D eigenvalue weighted by Gasteiger charge is 2.15. The van der Waals surface area contributed by atoms with Gasteiger partial charge in [-0.05, 0) is 70.6 Å². The van der Waals surface area contributed by atoms with Gasteiger partial charge in [0.05, 0.1) is 28.1 Å². The van der Waals surface area contributed by atoms with Crippen LogP contribution in [0.15, 0.2) is 200 Å². The first-order chi connectivity index (χ1) is 28.1. The molecule has 7 aromatic carbocycles. The van der Waals surface area contributed by atoms with Crippen LogP contribution < -0.4 is 0 Å². The van der Waals surface area contributed by atoms with Gasteiger partial charge in [-0.3, -0.25) is 4.98 Å². The number of rotatable bonds is 7. The maximum absolute atomic E-state index is 5.32. The van der Waals surface area contributed by atoms with Crippen molar-refractivity contribution in [3.05, 3.63) is 206 Å². The fraction of sp³-hybridized carbons (Fsp3) is 0.0189. The molecule has 3 heterocycles. The molecule has 57 heavy (non-hydrogen) atoms. The first-order valence-electron chi connectivity index (χ1n) is 19.2. The predicted molar refractivity (Wildman–Crippen MR) is 235 cm³/mol. The smallest absolute Gasteiger partial charge is 0.160 e. The molecule has 0 aliphatic rings. The van der Waals surface area contributed by atoms with Gasteiger partial charge < -0.3 is 0 Å². The molecule has 0 aliphatic heterocycles. The Hall–Kier alpha value is -7.56. The number of aryl methyl sites for hydroxylation is 1. The summed E-state index contributed by atoms with van der Waals surface area (Å²) in [5.74, 6) is 0.687. The number of fused-ring (bicyclic) bond motifs is 3. The van der Waals surface area contributed by atoms with Gasteiger partial charge in [0.15, 0.2) is 5.82 Å². The zero-order valence-electron chi connectivity index (χ0n) is 31.3. The average molecular weight is 729 g/mol. The number of pyridine rings is 2. The fourth-order valence-corrected chi connectivity index (χ4v) is 7.61. The number of aromatic nitrogens is 4. The third-order valence-corrected chi connectivity index (χ3v) is 10.6. The van der Waals surface area contributed by atoms with Crippen LogP contribution >= 0.6 is 0 Å². The molecule has 0 spiro atoms. The quantitative estimate of drug-likeness (QED) is 0.153. The highest BCUT2D eigenvalue weighted by Crippen LogP contribution is 2.37. The Balaban J connectivity index is 1.06. The Labute approximate surface area is 331 Å². The monoisotopic (exact) mass is 728 g/mol. The highest BCUT2D eigenvalue weighted by molar-refractivity contribution is 6.09. The van der Waals surface area contributed by atoms with Gasteiger partial charge in [0.1, 0.15) is 0 Å². The standard InChI is InChI=1S/C53H36N4/c1-35-23-24-40-29-30-46-47(38-15-7-3-8-16-38)33-48(55-52(46)51(40)54-35)44-21-11-19-42(31-44)43-20-12-22-45(32-43)50-34-49(39-17-9-4-10-18-39)56-53(57-50)41-27-25-37(26-28-41)36-13-5-2-6-14-36/h2-34H,1H3. The Kier molecular flexibility index (Phi) is 8.69. The molecule has 4 heteroatoms. The fourth-order valence-electron chi connectivity index (χ4n) is 7.61. The zero-order valence-corrected chi connectivity index (χ0v) is 31.3. The lowest BCUT2D eigenvalue weighted by Gasteiger charge is -2.13. The van der Waals surface area contributed by atoms with Gasteiger partial charge in [-0.2, -0.15) is 0 Å². The molecule has 0 radical (unpaired) electrons. The molecule has 0 N–H and O–H groups in total. The highest BCUT2D eigenvalue weighted by atomic mass is 14.9. The van der Waals surface area contributed by atoms with Gasteiger partial charge in [0, 0.05) is 38.7 Å². The molecular formula is C53H36N4. The summed E-state index contributed by atoms with van der Waals surface area (Å²) in [5.41, 5.74) is 16.3. The van der Waals surface area contributed by atoms with Gasteiger partial charge in [0.25, 0.3) is 0 Å². The van der Waals surface area contributed by atoms with E-state index in [4.69, 9.17) is 19.9 Å². The first kappa shape index (κ1) is 34.0. The van der Waals surface area contributed by atoms with E-state index in [-0.39, 0.29) is 0 Å². The lowest BCUT2D eigenvalue weighted by atomic mass is 9.95. The molecule has 10 rings (SSSR count). The second-order valence-electron chi connectivity index (χ2n) is 14.3. The molecule has 0 saturated carbocycles. The van der Waals surface area contributed by atoms with Crippen LogP contribution in [-0.2, 0) is 0 Å². The van der Waals surface area contributed by atoms with Crippen molar-refractivity contribution >= 4 is 21.8 Å². The number of hydrogen-bond donors (Lipinski definition) is 0. The molecule has 0 fully saturated rings. The van der Waals surface area contributed by atoms with Crippen molar-refractivity contribution in [3.63, 3.8) is 0 Å². The van der Waals surface area contributed by atoms with Crippen LogP contribution in [0.25, 0.3) is 100 Å². The maximum atomic E-state index is 5.32. The lowest BCUT2D eigenvalue weighted by Crippen LogP contribution is -1.96. The van der Waals surface area contributed by atoms with Crippen molar-refractivity contribution in [2.45, 2.75) is 6.92 Å². The van der Waals surface area contributed by atoms with E-state index < -0.39 is 0 Å². The van der Waals surface area contributed by atoms with E-state index in [0.29, 0.717) is 5.82 Å². The minimum atomic E-state index is 0.687. The first-order valence-corrected chi connectivity index (χ1v) is 19.2. The van der Waals surface area contributed by atoms with Gasteiger partial charge in [-0.25, -0.2) is 15.0 Å². The second kappa shape index (κ2) is 14.6. The molecule has 10 aromatic rings. The minimum Gasteiger partial charge on any atom is -0.251 e. The minimum absolute atomic E-state index is 0.687. The summed E-state index contributed by atoms with van der Waals surface area (Å²) >= 11 is 0. The molecule has 0 saturated heterocycles. The molecule has 0 bridgehead atoms. The van der Waals surface area contributed by atoms with E-state index in [9.17, 15) is 0 Å². The molecule has 0 atom stereocenters. The third kappa shape index (κ3) is 6.75. The van der Waals surface area contributed by atoms with Gasteiger partial charge >= 0.3 is 0 Å². The van der Waals surface area contributed by atoms with Crippen molar-refractivity contribution in [1.29, 1.82) is 0 Å². The normalized spacial score (nSPS) is 11.2. The van der Waals surface area contributed by atoms with Crippen molar-refractivity contribution in [3.8, 4) is 78.5 Å². The number of hydrogen-bond acceptors (Lipinski definition) is 4. The van der Waals surface area contributed by atoms with Gasteiger partial charge in [-0.1, -0.05) is 170 Å². The number of benzene rings is 7. The Morgan fingerprint density at radius 2 is 0.789 bits per heavy atom. The molecule has 268 valence electrons. The van der Waals surface area contributed by atoms with Crippen molar-refractivity contribution in [1.82, 2.24) is 19.9 Å². The summed E-state index contributed by atoms with van der Waals surface area (Å²) in [7, 11) is 0. The van der Waals surface area contributed by atoms with Crippen LogP contribution in [0.1, 0.15) is 5.69 Å². The van der Waals surface area contributed by atoms with Crippen LogP contribution in [0.3, 0.4) is 0 Å². The summed E-state index contributed by atoms with van der Waals surface area (Å²) in [6, 6.07) is 69.9. The molecular weight excluding hydrogens is 693 g/mol. The molecule has 0 aliphatic carbocycles. The van der Waals surface area contributed by atoms with E-state index in [2.05, 4.69) is 176 Å². The predicted octanol–water partition coefficient (Wildman–Crippen LogP) is 13.6. The van der Waals surface area contributed by atoms with E-state index in [1.54, 1.807) is 0 Å². The average Bonchev–Trinajstić information content (AvgIpc) is 3.29. The van der Waals surface area contributed by atoms with E-state index in [1.165, 1.54) is 5.56 Å². The van der Waals surface area contributed by atoms with Crippen LogP contribution in [-0.4, -0.2) is 19.9 Å².